The summed E-state index contributed by atoms with van der Waals surface area (Å²) in [5.74, 6) is 0.105. The second-order valence-corrected chi connectivity index (χ2v) is 6.71. The zero-order valence-electron chi connectivity index (χ0n) is 16.5. The molecular formula is C22H19N5O4. The van der Waals surface area contributed by atoms with Gasteiger partial charge in [-0.25, -0.2) is 9.67 Å². The van der Waals surface area contributed by atoms with Crippen LogP contribution < -0.4 is 16.4 Å². The molecule has 0 bridgehead atoms. The Labute approximate surface area is 176 Å². The first kappa shape index (κ1) is 20.0. The van der Waals surface area contributed by atoms with Crippen LogP contribution in [0.3, 0.4) is 0 Å². The fourth-order valence-corrected chi connectivity index (χ4v) is 2.99. The lowest BCUT2D eigenvalue weighted by Crippen LogP contribution is -2.36. The van der Waals surface area contributed by atoms with E-state index < -0.39 is 11.5 Å². The van der Waals surface area contributed by atoms with Crippen LogP contribution in [0.25, 0.3) is 22.7 Å². The zero-order chi connectivity index (χ0) is 21.6. The van der Waals surface area contributed by atoms with Gasteiger partial charge in [-0.2, -0.15) is 5.10 Å². The van der Waals surface area contributed by atoms with E-state index in [1.165, 1.54) is 35.4 Å². The molecule has 0 aliphatic carbocycles. The van der Waals surface area contributed by atoms with Gasteiger partial charge < -0.3 is 9.73 Å². The molecule has 0 spiro atoms. The molecule has 0 aliphatic heterocycles. The van der Waals surface area contributed by atoms with Crippen LogP contribution in [0.5, 0.6) is 0 Å². The number of furan rings is 1. The zero-order valence-corrected chi connectivity index (χ0v) is 16.5. The van der Waals surface area contributed by atoms with Crippen molar-refractivity contribution in [3.8, 4) is 22.7 Å². The van der Waals surface area contributed by atoms with Crippen LogP contribution in [0.2, 0.25) is 0 Å². The number of hydrogen-bond donors (Lipinski definition) is 1. The number of nitrogens with zero attached hydrogens (tertiary/aromatic N) is 4. The highest BCUT2D eigenvalue weighted by Crippen LogP contribution is 2.15. The van der Waals surface area contributed by atoms with Crippen LogP contribution in [-0.2, 0) is 17.9 Å². The number of amides is 1. The van der Waals surface area contributed by atoms with Crippen molar-refractivity contribution in [2.75, 3.05) is 6.54 Å². The third-order valence-corrected chi connectivity index (χ3v) is 4.56. The molecule has 0 unspecified atom stereocenters. The molecule has 3 aromatic heterocycles. The number of nitrogens with one attached hydrogen (secondary N) is 1. The van der Waals surface area contributed by atoms with Gasteiger partial charge in [-0.15, -0.1) is 0 Å². The molecule has 0 aliphatic rings. The average molecular weight is 417 g/mol. The fraction of sp³-hybridized carbons (Fsp3) is 0.136. The van der Waals surface area contributed by atoms with Crippen molar-refractivity contribution in [1.29, 1.82) is 0 Å². The topological polar surface area (TPSA) is 112 Å². The molecule has 1 amide bonds. The molecule has 1 aromatic carbocycles. The summed E-state index contributed by atoms with van der Waals surface area (Å²) in [7, 11) is 0. The Morgan fingerprint density at radius 3 is 2.55 bits per heavy atom. The van der Waals surface area contributed by atoms with E-state index >= 15 is 0 Å². The maximum atomic E-state index is 12.3. The highest BCUT2D eigenvalue weighted by molar-refractivity contribution is 5.75. The Balaban J connectivity index is 1.35. The van der Waals surface area contributed by atoms with Gasteiger partial charge >= 0.3 is 0 Å². The molecule has 0 saturated heterocycles. The lowest BCUT2D eigenvalue weighted by molar-refractivity contribution is -0.121. The SMILES string of the molecule is O=C(Cn1nc(-c2ccco2)ccc1=O)NCCn1cnc(-c2ccccc2)cc1=O. The molecular weight excluding hydrogens is 398 g/mol. The summed E-state index contributed by atoms with van der Waals surface area (Å²) >= 11 is 0. The quantitative estimate of drug-likeness (QED) is 0.488. The minimum Gasteiger partial charge on any atom is -0.463 e. The third kappa shape index (κ3) is 4.84. The Morgan fingerprint density at radius 2 is 1.81 bits per heavy atom. The van der Waals surface area contributed by atoms with Crippen LogP contribution in [0.4, 0.5) is 0 Å². The highest BCUT2D eigenvalue weighted by Gasteiger charge is 2.09. The standard InChI is InChI=1S/C22H19N5O4/c28-20(14-27-21(29)9-8-17(25-27)19-7-4-12-31-19)23-10-11-26-15-24-18(13-22(26)30)16-5-2-1-3-6-16/h1-9,12-13,15H,10-11,14H2,(H,23,28). The van der Waals surface area contributed by atoms with Gasteiger partial charge in [0.25, 0.3) is 11.1 Å². The van der Waals surface area contributed by atoms with Crippen LogP contribution >= 0.6 is 0 Å². The second-order valence-electron chi connectivity index (χ2n) is 6.71. The van der Waals surface area contributed by atoms with Crippen LogP contribution in [-0.4, -0.2) is 31.8 Å². The van der Waals surface area contributed by atoms with E-state index in [1.54, 1.807) is 12.1 Å². The molecule has 0 fully saturated rings. The number of aromatic nitrogens is 4. The maximum Gasteiger partial charge on any atom is 0.267 e. The molecule has 9 nitrogen and oxygen atoms in total. The molecule has 9 heteroatoms. The maximum absolute atomic E-state index is 12.3. The van der Waals surface area contributed by atoms with Gasteiger partial charge in [0.1, 0.15) is 12.2 Å². The first-order chi connectivity index (χ1) is 15.1. The van der Waals surface area contributed by atoms with Crippen molar-refractivity contribution in [2.24, 2.45) is 0 Å². The summed E-state index contributed by atoms with van der Waals surface area (Å²) in [4.78, 5) is 40.9. The smallest absolute Gasteiger partial charge is 0.267 e. The van der Waals surface area contributed by atoms with Crippen molar-refractivity contribution in [3.05, 3.63) is 94.0 Å². The lowest BCUT2D eigenvalue weighted by Gasteiger charge is -2.09. The second kappa shape index (κ2) is 9.04. The molecule has 4 rings (SSSR count). The van der Waals surface area contributed by atoms with E-state index in [0.717, 1.165) is 10.2 Å². The van der Waals surface area contributed by atoms with Gasteiger partial charge in [0, 0.05) is 30.8 Å². The third-order valence-electron chi connectivity index (χ3n) is 4.56. The van der Waals surface area contributed by atoms with Crippen LogP contribution in [0.15, 0.2) is 87.3 Å². The van der Waals surface area contributed by atoms with Crippen molar-refractivity contribution < 1.29 is 9.21 Å². The summed E-state index contributed by atoms with van der Waals surface area (Å²) in [6.45, 7) is 0.215. The number of carbonyl (C=O) groups is 1. The van der Waals surface area contributed by atoms with Gasteiger partial charge in [-0.05, 0) is 18.2 Å². The molecule has 3 heterocycles. The number of carbonyl (C=O) groups excluding carboxylic acids is 1. The predicted octanol–water partition coefficient (Wildman–Crippen LogP) is 1.54. The largest absolute Gasteiger partial charge is 0.463 e. The van der Waals surface area contributed by atoms with E-state index in [9.17, 15) is 14.4 Å². The predicted molar refractivity (Wildman–Crippen MR) is 113 cm³/mol. The monoisotopic (exact) mass is 417 g/mol. The molecule has 0 atom stereocenters. The summed E-state index contributed by atoms with van der Waals surface area (Å²) in [5, 5.41) is 6.84. The van der Waals surface area contributed by atoms with Gasteiger partial charge in [-0.1, -0.05) is 30.3 Å². The summed E-state index contributed by atoms with van der Waals surface area (Å²) < 4.78 is 7.74. The summed E-state index contributed by atoms with van der Waals surface area (Å²) in [5.41, 5.74) is 1.28. The first-order valence-corrected chi connectivity index (χ1v) is 9.61. The number of hydrogen-bond acceptors (Lipinski definition) is 6. The molecule has 31 heavy (non-hydrogen) atoms. The van der Waals surface area contributed by atoms with Crippen molar-refractivity contribution >= 4 is 5.91 Å². The number of benzene rings is 1. The van der Waals surface area contributed by atoms with Crippen molar-refractivity contribution in [1.82, 2.24) is 24.6 Å². The normalized spacial score (nSPS) is 10.7. The van der Waals surface area contributed by atoms with Gasteiger partial charge in [0.05, 0.1) is 18.3 Å². The Morgan fingerprint density at radius 1 is 0.968 bits per heavy atom. The summed E-state index contributed by atoms with van der Waals surface area (Å²) in [6.07, 6.45) is 2.96. The molecule has 4 aromatic rings. The Kier molecular flexibility index (Phi) is 5.84. The minimum absolute atomic E-state index is 0.206. The number of rotatable bonds is 7. The average Bonchev–Trinajstić information content (AvgIpc) is 3.32. The first-order valence-electron chi connectivity index (χ1n) is 9.61. The van der Waals surface area contributed by atoms with E-state index in [0.29, 0.717) is 17.1 Å². The highest BCUT2D eigenvalue weighted by atomic mass is 16.3. The van der Waals surface area contributed by atoms with Gasteiger partial charge in [0.15, 0.2) is 5.76 Å². The van der Waals surface area contributed by atoms with E-state index in [4.69, 9.17) is 4.42 Å². The van der Waals surface area contributed by atoms with Crippen LogP contribution in [0, 0.1) is 0 Å². The minimum atomic E-state index is -0.401. The van der Waals surface area contributed by atoms with E-state index in [-0.39, 0.29) is 25.2 Å². The molecule has 156 valence electrons. The van der Waals surface area contributed by atoms with E-state index in [2.05, 4.69) is 15.4 Å². The fourth-order valence-electron chi connectivity index (χ4n) is 2.99. The summed E-state index contributed by atoms with van der Waals surface area (Å²) in [6, 6.07) is 17.2. The van der Waals surface area contributed by atoms with E-state index in [1.807, 2.05) is 30.3 Å². The molecule has 0 radical (unpaired) electrons. The van der Waals surface area contributed by atoms with Crippen molar-refractivity contribution in [2.45, 2.75) is 13.1 Å². The van der Waals surface area contributed by atoms with Crippen molar-refractivity contribution in [3.63, 3.8) is 0 Å². The molecule has 0 saturated carbocycles. The molecule has 1 N–H and O–H groups in total. The van der Waals surface area contributed by atoms with Crippen LogP contribution in [0.1, 0.15) is 0 Å². The van der Waals surface area contributed by atoms with Gasteiger partial charge in [0.2, 0.25) is 5.91 Å². The Hall–Kier alpha value is -4.27. The lowest BCUT2D eigenvalue weighted by atomic mass is 10.1. The Bertz CT molecular complexity index is 1290. The van der Waals surface area contributed by atoms with Gasteiger partial charge in [-0.3, -0.25) is 19.0 Å².